The Bertz CT molecular complexity index is 786. The SMILES string of the molecule is Cc1cc(NC(=O)c2cccc(Nc3nccs3)c2)ccn1. The van der Waals surface area contributed by atoms with Gasteiger partial charge in [0.25, 0.3) is 5.91 Å². The van der Waals surface area contributed by atoms with Crippen LogP contribution in [0.2, 0.25) is 0 Å². The van der Waals surface area contributed by atoms with Gasteiger partial charge in [0.2, 0.25) is 0 Å². The zero-order valence-electron chi connectivity index (χ0n) is 11.9. The number of hydrogen-bond acceptors (Lipinski definition) is 5. The maximum absolute atomic E-state index is 12.3. The number of pyridine rings is 1. The van der Waals surface area contributed by atoms with Crippen molar-refractivity contribution in [1.82, 2.24) is 9.97 Å². The molecule has 0 spiro atoms. The summed E-state index contributed by atoms with van der Waals surface area (Å²) < 4.78 is 0. The number of nitrogens with zero attached hydrogens (tertiary/aromatic N) is 2. The number of anilines is 3. The highest BCUT2D eigenvalue weighted by molar-refractivity contribution is 7.13. The number of aryl methyl sites for hydroxylation is 1. The third kappa shape index (κ3) is 3.48. The predicted molar refractivity (Wildman–Crippen MR) is 88.8 cm³/mol. The van der Waals surface area contributed by atoms with E-state index in [0.29, 0.717) is 5.56 Å². The first-order valence-electron chi connectivity index (χ1n) is 6.71. The van der Waals surface area contributed by atoms with Gasteiger partial charge >= 0.3 is 0 Å². The molecule has 22 heavy (non-hydrogen) atoms. The van der Waals surface area contributed by atoms with Crippen LogP contribution in [0.15, 0.2) is 54.2 Å². The van der Waals surface area contributed by atoms with Crippen LogP contribution < -0.4 is 10.6 Å². The first kappa shape index (κ1) is 14.2. The summed E-state index contributed by atoms with van der Waals surface area (Å²) in [5, 5.41) is 8.72. The van der Waals surface area contributed by atoms with Crippen molar-refractivity contribution in [2.75, 3.05) is 10.6 Å². The molecule has 1 amide bonds. The highest BCUT2D eigenvalue weighted by atomic mass is 32.1. The molecule has 0 saturated heterocycles. The summed E-state index contributed by atoms with van der Waals surface area (Å²) in [5.41, 5.74) is 3.00. The van der Waals surface area contributed by atoms with Crippen LogP contribution in [-0.2, 0) is 0 Å². The van der Waals surface area contributed by atoms with E-state index in [1.165, 1.54) is 11.3 Å². The lowest BCUT2D eigenvalue weighted by Crippen LogP contribution is -2.12. The lowest BCUT2D eigenvalue weighted by atomic mass is 10.2. The zero-order chi connectivity index (χ0) is 15.4. The first-order chi connectivity index (χ1) is 10.7. The van der Waals surface area contributed by atoms with E-state index in [9.17, 15) is 4.79 Å². The molecule has 0 fully saturated rings. The van der Waals surface area contributed by atoms with Crippen LogP contribution in [0, 0.1) is 6.92 Å². The van der Waals surface area contributed by atoms with Gasteiger partial charge in [0.15, 0.2) is 5.13 Å². The fourth-order valence-corrected chi connectivity index (χ4v) is 2.52. The normalized spacial score (nSPS) is 10.2. The molecule has 0 aliphatic carbocycles. The zero-order valence-corrected chi connectivity index (χ0v) is 12.7. The number of carbonyl (C=O) groups excluding carboxylic acids is 1. The summed E-state index contributed by atoms with van der Waals surface area (Å²) in [5.74, 6) is -0.159. The van der Waals surface area contributed by atoms with Crippen LogP contribution in [0.3, 0.4) is 0 Å². The Labute approximate surface area is 132 Å². The number of rotatable bonds is 4. The lowest BCUT2D eigenvalue weighted by Gasteiger charge is -2.08. The second kappa shape index (κ2) is 6.36. The molecule has 0 aliphatic heterocycles. The molecule has 3 aromatic rings. The van der Waals surface area contributed by atoms with Gasteiger partial charge in [0.1, 0.15) is 0 Å². The van der Waals surface area contributed by atoms with Crippen molar-refractivity contribution in [3.05, 3.63) is 65.4 Å². The molecule has 0 bridgehead atoms. The van der Waals surface area contributed by atoms with Gasteiger partial charge in [0.05, 0.1) is 0 Å². The van der Waals surface area contributed by atoms with Gasteiger partial charge in [-0.1, -0.05) is 6.07 Å². The summed E-state index contributed by atoms with van der Waals surface area (Å²) in [6, 6.07) is 10.9. The number of aromatic nitrogens is 2. The molecule has 2 heterocycles. The number of thiazole rings is 1. The van der Waals surface area contributed by atoms with Crippen molar-refractivity contribution in [1.29, 1.82) is 0 Å². The molecule has 0 radical (unpaired) electrons. The summed E-state index contributed by atoms with van der Waals surface area (Å²) in [4.78, 5) is 20.6. The predicted octanol–water partition coefficient (Wildman–Crippen LogP) is 3.84. The Morgan fingerprint density at radius 1 is 1.09 bits per heavy atom. The molecular formula is C16H14N4OS. The Balaban J connectivity index is 1.75. The van der Waals surface area contributed by atoms with Gasteiger partial charge in [-0.25, -0.2) is 4.98 Å². The summed E-state index contributed by atoms with van der Waals surface area (Å²) in [6.07, 6.45) is 3.40. The van der Waals surface area contributed by atoms with Crippen molar-refractivity contribution >= 4 is 33.8 Å². The minimum atomic E-state index is -0.159. The van der Waals surface area contributed by atoms with Crippen molar-refractivity contribution in [2.45, 2.75) is 6.92 Å². The molecule has 0 saturated carbocycles. The van der Waals surface area contributed by atoms with E-state index in [-0.39, 0.29) is 5.91 Å². The van der Waals surface area contributed by atoms with E-state index in [1.807, 2.05) is 30.5 Å². The first-order valence-corrected chi connectivity index (χ1v) is 7.59. The molecule has 5 nitrogen and oxygen atoms in total. The maximum atomic E-state index is 12.3. The fourth-order valence-electron chi connectivity index (χ4n) is 1.97. The minimum absolute atomic E-state index is 0.159. The molecule has 2 N–H and O–H groups in total. The second-order valence-electron chi connectivity index (χ2n) is 4.68. The molecule has 0 atom stereocenters. The molecular weight excluding hydrogens is 296 g/mol. The second-order valence-corrected chi connectivity index (χ2v) is 5.58. The number of nitrogens with one attached hydrogen (secondary N) is 2. The van der Waals surface area contributed by atoms with Gasteiger partial charge in [-0.05, 0) is 37.3 Å². The van der Waals surface area contributed by atoms with E-state index < -0.39 is 0 Å². The topological polar surface area (TPSA) is 66.9 Å². The van der Waals surface area contributed by atoms with E-state index in [2.05, 4.69) is 20.6 Å². The number of hydrogen-bond donors (Lipinski definition) is 2. The summed E-state index contributed by atoms with van der Waals surface area (Å²) >= 11 is 1.51. The number of benzene rings is 1. The lowest BCUT2D eigenvalue weighted by molar-refractivity contribution is 0.102. The van der Waals surface area contributed by atoms with E-state index >= 15 is 0 Å². The van der Waals surface area contributed by atoms with Crippen molar-refractivity contribution < 1.29 is 4.79 Å². The maximum Gasteiger partial charge on any atom is 0.255 e. The number of carbonyl (C=O) groups is 1. The average molecular weight is 310 g/mol. The van der Waals surface area contributed by atoms with Gasteiger partial charge in [-0.2, -0.15) is 0 Å². The largest absolute Gasteiger partial charge is 0.332 e. The highest BCUT2D eigenvalue weighted by Gasteiger charge is 2.07. The van der Waals surface area contributed by atoms with Gasteiger partial charge in [-0.3, -0.25) is 9.78 Å². The van der Waals surface area contributed by atoms with Crippen molar-refractivity contribution in [3.8, 4) is 0 Å². The van der Waals surface area contributed by atoms with Crippen molar-refractivity contribution in [3.63, 3.8) is 0 Å². The average Bonchev–Trinajstić information content (AvgIpc) is 3.00. The quantitative estimate of drug-likeness (QED) is 0.768. The Morgan fingerprint density at radius 3 is 2.77 bits per heavy atom. The third-order valence-electron chi connectivity index (χ3n) is 2.96. The van der Waals surface area contributed by atoms with Crippen LogP contribution in [0.5, 0.6) is 0 Å². The van der Waals surface area contributed by atoms with Crippen LogP contribution in [0.25, 0.3) is 0 Å². The summed E-state index contributed by atoms with van der Waals surface area (Å²) in [7, 11) is 0. The van der Waals surface area contributed by atoms with Gasteiger partial charge in [-0.15, -0.1) is 11.3 Å². The molecule has 3 rings (SSSR count). The highest BCUT2D eigenvalue weighted by Crippen LogP contribution is 2.20. The summed E-state index contributed by atoms with van der Waals surface area (Å²) in [6.45, 7) is 1.88. The Morgan fingerprint density at radius 2 is 2.00 bits per heavy atom. The molecule has 110 valence electrons. The Hall–Kier alpha value is -2.73. The van der Waals surface area contributed by atoms with Crippen molar-refractivity contribution in [2.24, 2.45) is 0 Å². The molecule has 6 heteroatoms. The van der Waals surface area contributed by atoms with Crippen LogP contribution in [-0.4, -0.2) is 15.9 Å². The minimum Gasteiger partial charge on any atom is -0.332 e. The smallest absolute Gasteiger partial charge is 0.255 e. The monoisotopic (exact) mass is 310 g/mol. The molecule has 0 unspecified atom stereocenters. The van der Waals surface area contributed by atoms with Crippen LogP contribution in [0.1, 0.15) is 16.1 Å². The van der Waals surface area contributed by atoms with Gasteiger partial charge in [0, 0.05) is 40.4 Å². The molecule has 1 aromatic carbocycles. The standard InChI is InChI=1S/C16H14N4OS/c1-11-9-14(5-6-17-11)19-15(21)12-3-2-4-13(10-12)20-16-18-7-8-22-16/h2-10H,1H3,(H,18,20)(H,17,19,21). The van der Waals surface area contributed by atoms with Crippen LogP contribution >= 0.6 is 11.3 Å². The van der Waals surface area contributed by atoms with E-state index in [4.69, 9.17) is 0 Å². The Kier molecular flexibility index (Phi) is 4.11. The fraction of sp³-hybridized carbons (Fsp3) is 0.0625. The van der Waals surface area contributed by atoms with E-state index in [1.54, 1.807) is 30.6 Å². The van der Waals surface area contributed by atoms with Crippen LogP contribution in [0.4, 0.5) is 16.5 Å². The van der Waals surface area contributed by atoms with E-state index in [0.717, 1.165) is 22.2 Å². The van der Waals surface area contributed by atoms with Gasteiger partial charge < -0.3 is 10.6 Å². The molecule has 2 aromatic heterocycles. The number of amides is 1. The third-order valence-corrected chi connectivity index (χ3v) is 3.65. The molecule has 0 aliphatic rings.